The van der Waals surface area contributed by atoms with Gasteiger partial charge in [-0.1, -0.05) is 0 Å². The number of benzene rings is 1. The van der Waals surface area contributed by atoms with Crippen molar-refractivity contribution in [2.24, 2.45) is 0 Å². The van der Waals surface area contributed by atoms with E-state index in [1.807, 2.05) is 0 Å². The van der Waals surface area contributed by atoms with E-state index in [1.165, 1.54) is 22.7 Å². The van der Waals surface area contributed by atoms with Crippen LogP contribution in [0.4, 0.5) is 0 Å². The van der Waals surface area contributed by atoms with Gasteiger partial charge in [0.15, 0.2) is 0 Å². The number of carbonyl (C=O) groups excluding carboxylic acids is 1. The smallest absolute Gasteiger partial charge is 0.281 e. The molecule has 8 heteroatoms. The molecule has 1 heterocycles. The molecule has 1 saturated heterocycles. The largest absolute Gasteiger partial charge is 0.497 e. The van der Waals surface area contributed by atoms with Crippen LogP contribution in [-0.4, -0.2) is 63.3 Å². The minimum absolute atomic E-state index is 0.0155. The number of nitrogens with one attached hydrogen (secondary N) is 1. The molecule has 0 aliphatic carbocycles. The van der Waals surface area contributed by atoms with Crippen molar-refractivity contribution in [3.05, 3.63) is 29.8 Å². The second kappa shape index (κ2) is 7.29. The summed E-state index contributed by atoms with van der Waals surface area (Å²) in [5.41, 5.74) is 0.564. The lowest BCUT2D eigenvalue weighted by Crippen LogP contribution is -2.49. The summed E-state index contributed by atoms with van der Waals surface area (Å²) in [5, 5.41) is 2.96. The molecule has 0 unspecified atom stereocenters. The van der Waals surface area contributed by atoms with Crippen LogP contribution in [0.5, 0.6) is 5.75 Å². The summed E-state index contributed by atoms with van der Waals surface area (Å²) in [6, 6.07) is 6.88. The topological polar surface area (TPSA) is 79.0 Å². The van der Waals surface area contributed by atoms with Gasteiger partial charge in [0.1, 0.15) is 5.75 Å². The Kier molecular flexibility index (Phi) is 5.61. The molecule has 1 aliphatic rings. The number of piperidine rings is 1. The Morgan fingerprint density at radius 2 is 1.78 bits per heavy atom. The van der Waals surface area contributed by atoms with E-state index < -0.39 is 10.2 Å². The van der Waals surface area contributed by atoms with E-state index >= 15 is 0 Å². The van der Waals surface area contributed by atoms with Crippen LogP contribution in [0.2, 0.25) is 0 Å². The third kappa shape index (κ3) is 4.21. The van der Waals surface area contributed by atoms with E-state index in [4.69, 9.17) is 4.74 Å². The summed E-state index contributed by atoms with van der Waals surface area (Å²) in [6.07, 6.45) is 1.21. The van der Waals surface area contributed by atoms with Gasteiger partial charge >= 0.3 is 0 Å². The van der Waals surface area contributed by atoms with Crippen LogP contribution in [0, 0.1) is 0 Å². The number of nitrogens with zero attached hydrogens (tertiary/aromatic N) is 2. The molecule has 0 atom stereocenters. The van der Waals surface area contributed by atoms with Crippen molar-refractivity contribution in [2.45, 2.75) is 18.9 Å². The molecule has 0 aromatic heterocycles. The van der Waals surface area contributed by atoms with Crippen LogP contribution < -0.4 is 10.1 Å². The minimum atomic E-state index is -3.37. The van der Waals surface area contributed by atoms with Crippen molar-refractivity contribution in [3.8, 4) is 5.75 Å². The highest BCUT2D eigenvalue weighted by Gasteiger charge is 2.30. The molecular weight excluding hydrogens is 318 g/mol. The Balaban J connectivity index is 1.89. The van der Waals surface area contributed by atoms with Crippen LogP contribution in [0.25, 0.3) is 0 Å². The number of carbonyl (C=O) groups is 1. The molecule has 7 nitrogen and oxygen atoms in total. The summed E-state index contributed by atoms with van der Waals surface area (Å²) in [5.74, 6) is 0.547. The first kappa shape index (κ1) is 17.7. The molecule has 0 radical (unpaired) electrons. The average Bonchev–Trinajstić information content (AvgIpc) is 2.55. The molecule has 23 heavy (non-hydrogen) atoms. The number of ether oxygens (including phenoxy) is 1. The van der Waals surface area contributed by atoms with Crippen molar-refractivity contribution in [1.29, 1.82) is 0 Å². The molecular formula is C15H23N3O4S. The van der Waals surface area contributed by atoms with E-state index in [0.717, 1.165) is 0 Å². The molecule has 1 aromatic carbocycles. The van der Waals surface area contributed by atoms with Crippen LogP contribution >= 0.6 is 0 Å². The molecule has 0 bridgehead atoms. The second-order valence-electron chi connectivity index (χ2n) is 5.67. The molecule has 128 valence electrons. The molecule has 0 saturated carbocycles. The standard InChI is InChI=1S/C15H23N3O4S/c1-17(2)23(20,21)18-10-8-13(9-11-18)16-15(19)12-4-6-14(22-3)7-5-12/h4-7,13H,8-11H2,1-3H3,(H,16,19). The van der Waals surface area contributed by atoms with Gasteiger partial charge in [0, 0.05) is 38.8 Å². The van der Waals surface area contributed by atoms with Crippen molar-refractivity contribution in [1.82, 2.24) is 13.9 Å². The van der Waals surface area contributed by atoms with E-state index in [0.29, 0.717) is 37.2 Å². The molecule has 1 fully saturated rings. The summed E-state index contributed by atoms with van der Waals surface area (Å²) < 4.78 is 31.8. The quantitative estimate of drug-likeness (QED) is 0.855. The normalized spacial score (nSPS) is 17.2. The van der Waals surface area contributed by atoms with Gasteiger partial charge in [-0.05, 0) is 37.1 Å². The van der Waals surface area contributed by atoms with E-state index in [2.05, 4.69) is 5.32 Å². The van der Waals surface area contributed by atoms with Crippen molar-refractivity contribution in [2.75, 3.05) is 34.3 Å². The average molecular weight is 341 g/mol. The molecule has 1 aromatic rings. The van der Waals surface area contributed by atoms with Gasteiger partial charge < -0.3 is 10.1 Å². The number of methoxy groups -OCH3 is 1. The maximum Gasteiger partial charge on any atom is 0.281 e. The predicted octanol–water partition coefficient (Wildman–Crippen LogP) is 0.696. The highest BCUT2D eigenvalue weighted by Crippen LogP contribution is 2.17. The van der Waals surface area contributed by atoms with Gasteiger partial charge in [0.2, 0.25) is 0 Å². The van der Waals surface area contributed by atoms with Crippen LogP contribution in [-0.2, 0) is 10.2 Å². The van der Waals surface area contributed by atoms with Gasteiger partial charge in [0.05, 0.1) is 7.11 Å². The highest BCUT2D eigenvalue weighted by atomic mass is 32.2. The number of rotatable bonds is 5. The number of hydrogen-bond donors (Lipinski definition) is 1. The first-order valence-corrected chi connectivity index (χ1v) is 8.87. The summed E-state index contributed by atoms with van der Waals surface area (Å²) >= 11 is 0. The number of hydrogen-bond acceptors (Lipinski definition) is 4. The summed E-state index contributed by atoms with van der Waals surface area (Å²) in [4.78, 5) is 12.2. The van der Waals surface area contributed by atoms with Gasteiger partial charge in [-0.2, -0.15) is 17.0 Å². The van der Waals surface area contributed by atoms with Crippen molar-refractivity contribution < 1.29 is 17.9 Å². The van der Waals surface area contributed by atoms with Crippen LogP contribution in [0.15, 0.2) is 24.3 Å². The zero-order valence-electron chi connectivity index (χ0n) is 13.7. The maximum atomic E-state index is 12.2. The number of amides is 1. The van der Waals surface area contributed by atoms with E-state index in [9.17, 15) is 13.2 Å². The zero-order valence-corrected chi connectivity index (χ0v) is 14.5. The highest BCUT2D eigenvalue weighted by molar-refractivity contribution is 7.86. The first-order chi connectivity index (χ1) is 10.8. The van der Waals surface area contributed by atoms with Crippen LogP contribution in [0.1, 0.15) is 23.2 Å². The Hall–Kier alpha value is -1.64. The summed E-state index contributed by atoms with van der Waals surface area (Å²) in [7, 11) is 1.24. The van der Waals surface area contributed by atoms with Crippen molar-refractivity contribution >= 4 is 16.1 Å². The fourth-order valence-electron chi connectivity index (χ4n) is 2.47. The molecule has 2 rings (SSSR count). The fraction of sp³-hybridized carbons (Fsp3) is 0.533. The molecule has 0 spiro atoms. The fourth-order valence-corrected chi connectivity index (χ4v) is 3.61. The lowest BCUT2D eigenvalue weighted by atomic mass is 10.1. The molecule has 1 amide bonds. The Bertz CT molecular complexity index is 635. The second-order valence-corrected chi connectivity index (χ2v) is 7.81. The lowest BCUT2D eigenvalue weighted by Gasteiger charge is -2.33. The Labute approximate surface area is 137 Å². The van der Waals surface area contributed by atoms with E-state index in [-0.39, 0.29) is 11.9 Å². The predicted molar refractivity (Wildman–Crippen MR) is 87.7 cm³/mol. The van der Waals surface area contributed by atoms with Crippen molar-refractivity contribution in [3.63, 3.8) is 0 Å². The lowest BCUT2D eigenvalue weighted by molar-refractivity contribution is 0.0923. The Morgan fingerprint density at radius 1 is 1.22 bits per heavy atom. The third-order valence-electron chi connectivity index (χ3n) is 3.93. The van der Waals surface area contributed by atoms with Gasteiger partial charge in [-0.15, -0.1) is 0 Å². The SMILES string of the molecule is COc1ccc(C(=O)NC2CCN(S(=O)(=O)N(C)C)CC2)cc1. The van der Waals surface area contributed by atoms with Gasteiger partial charge in [-0.25, -0.2) is 0 Å². The van der Waals surface area contributed by atoms with E-state index in [1.54, 1.807) is 31.4 Å². The summed E-state index contributed by atoms with van der Waals surface area (Å²) in [6.45, 7) is 0.822. The maximum absolute atomic E-state index is 12.2. The third-order valence-corrected chi connectivity index (χ3v) is 5.87. The van der Waals surface area contributed by atoms with Gasteiger partial charge in [-0.3, -0.25) is 4.79 Å². The monoisotopic (exact) mass is 341 g/mol. The first-order valence-electron chi connectivity index (χ1n) is 7.47. The molecule has 1 aliphatic heterocycles. The minimum Gasteiger partial charge on any atom is -0.497 e. The van der Waals surface area contributed by atoms with Crippen LogP contribution in [0.3, 0.4) is 0 Å². The Morgan fingerprint density at radius 3 is 2.26 bits per heavy atom. The van der Waals surface area contributed by atoms with Gasteiger partial charge in [0.25, 0.3) is 16.1 Å². The molecule has 1 N–H and O–H groups in total. The zero-order chi connectivity index (χ0) is 17.0.